The van der Waals surface area contributed by atoms with E-state index in [1.165, 1.54) is 146 Å². The maximum Gasteiger partial charge on any atom is 0.410 e. The standard InChI is InChI=1S/C15H20N2O2.C15H20N2O.C15H22N2.C14H18N2O.C14H20N2.C13H18N2.C12H16N2.CH4/c1-16-9-7-15(12-16)8-10-19-14(18)17(15)11-13-5-3-2-4-6-13;1-17-9-7-15(8-10-17)11-13(14(18)16-15)12-5-3-2-4-6-12;1-16-9-5-8-14-11-17(12-15(14)16)10-13-6-3-2-4-7-13;1-15-9-7-14(8-10-15)11-16(13(14)17)12-5-3-2-4-6-12;1-15-9-7-14(12-15)8-10-16(14)11-13-5-3-2-4-6-13;1-14-9-7-13(11-14)8-10-15(13)12-5-3-2-4-6-12;1-13-9-12(10-13)7-8-14(12)11-5-3-2-4-6-11;/h2-6H,7-12H2,1H3;2-6,13H,7-11H2,1H3,(H,16,18);2-4,6-7,14-15H,5,8-12H2,1H3;2-6H,7-11H2,1H3;2-6H,7-12H2,1H3;2-6H,7-11H2,1H3;2-6H,7-10H2,1H3;1H4. The van der Waals surface area contributed by atoms with E-state index in [0.29, 0.717) is 35.7 Å². The van der Waals surface area contributed by atoms with Gasteiger partial charge < -0.3 is 59.1 Å². The molecule has 14 heterocycles. The molecule has 117 heavy (non-hydrogen) atoms. The van der Waals surface area contributed by atoms with Crippen molar-refractivity contribution >= 4 is 35.0 Å². The fourth-order valence-electron chi connectivity index (χ4n) is 21.8. The average Bonchev–Trinajstić information content (AvgIpc) is 1.42. The number of anilines is 3. The molecule has 1 N–H and O–H groups in total. The van der Waals surface area contributed by atoms with Gasteiger partial charge in [0.05, 0.1) is 34.6 Å². The summed E-state index contributed by atoms with van der Waals surface area (Å²) < 4.78 is 5.25. The molecule has 21 rings (SSSR count). The van der Waals surface area contributed by atoms with E-state index in [9.17, 15) is 14.4 Å². The summed E-state index contributed by atoms with van der Waals surface area (Å²) in [5.74, 6) is 1.51. The lowest BCUT2D eigenvalue weighted by atomic mass is 9.71. The van der Waals surface area contributed by atoms with Crippen molar-refractivity contribution < 1.29 is 19.1 Å². The van der Waals surface area contributed by atoms with E-state index in [1.807, 2.05) is 76.5 Å². The SMILES string of the molecule is C.CN1CC2(CCN2c2ccccc2)C1.CN1CCC2(CC1)CC(c1ccccc1)C(=O)N2.CN1CCC2(CC1)CN(c1ccccc1)C2=O.CN1CCC2(CCN2Cc2ccccc2)C1.CN1CCC2(CCN2c2ccccc2)C1.CN1CCC2(CCOC(=O)N2Cc2ccccc2)C1.CN1CCCC2CN(Cc3ccccc3)CC21. The molecule has 14 aliphatic heterocycles. The van der Waals surface area contributed by atoms with Crippen LogP contribution >= 0.6 is 0 Å². The summed E-state index contributed by atoms with van der Waals surface area (Å²) in [6, 6.07) is 74.5. The Kier molecular flexibility index (Phi) is 27.9. The van der Waals surface area contributed by atoms with Crippen molar-refractivity contribution in [1.29, 1.82) is 0 Å². The van der Waals surface area contributed by atoms with E-state index in [4.69, 9.17) is 4.74 Å². The first kappa shape index (κ1) is 85.4. The zero-order valence-electron chi connectivity index (χ0n) is 71.0. The number of benzene rings is 7. The average molecular weight is 1590 g/mol. The minimum Gasteiger partial charge on any atom is -0.449 e. The molecule has 3 amide bonds. The fraction of sp³-hybridized carbons (Fsp3) is 0.545. The lowest BCUT2D eigenvalue weighted by Gasteiger charge is -2.63. The molecule has 14 saturated heterocycles. The number of likely N-dealkylation sites (N-methyl/N-ethyl adjacent to an activating group) is 5. The number of para-hydroxylation sites is 3. The molecule has 14 aliphatic rings. The van der Waals surface area contributed by atoms with Gasteiger partial charge in [0.25, 0.3) is 0 Å². The minimum atomic E-state index is -0.162. The van der Waals surface area contributed by atoms with Crippen LogP contribution in [0.25, 0.3) is 0 Å². The molecule has 6 unspecified atom stereocenters. The third-order valence-electron chi connectivity index (χ3n) is 29.1. The van der Waals surface area contributed by atoms with Crippen molar-refractivity contribution in [3.05, 3.63) is 235 Å². The molecule has 0 saturated carbocycles. The van der Waals surface area contributed by atoms with E-state index in [-0.39, 0.29) is 41.8 Å². The third kappa shape index (κ3) is 19.9. The second-order valence-corrected chi connectivity index (χ2v) is 37.3. The number of amides is 3. The second kappa shape index (κ2) is 38.2. The number of piperidine rings is 3. The van der Waals surface area contributed by atoms with Crippen molar-refractivity contribution in [3.8, 4) is 0 Å². The Morgan fingerprint density at radius 3 is 1.30 bits per heavy atom. The van der Waals surface area contributed by atoms with E-state index >= 15 is 0 Å². The molecule has 0 radical (unpaired) electrons. The molecule has 0 aromatic heterocycles. The van der Waals surface area contributed by atoms with Crippen LogP contribution in [0.1, 0.15) is 125 Å². The number of carbonyl (C=O) groups excluding carboxylic acids is 3. The zero-order chi connectivity index (χ0) is 80.3. The Hall–Kier alpha value is -8.01. The first-order valence-corrected chi connectivity index (χ1v) is 44.1. The van der Waals surface area contributed by atoms with E-state index < -0.39 is 0 Å². The zero-order valence-corrected chi connectivity index (χ0v) is 71.0. The Morgan fingerprint density at radius 2 is 0.829 bits per heavy atom. The predicted octanol–water partition coefficient (Wildman–Crippen LogP) is 14.0. The number of ether oxygens (including phenoxy) is 1. The summed E-state index contributed by atoms with van der Waals surface area (Å²) in [4.78, 5) is 67.9. The Balaban J connectivity index is 0.000000112. The lowest BCUT2D eigenvalue weighted by Crippen LogP contribution is -2.76. The Labute approximate surface area is 702 Å². The highest BCUT2D eigenvalue weighted by Gasteiger charge is 2.55. The van der Waals surface area contributed by atoms with Gasteiger partial charge in [-0.15, -0.1) is 0 Å². The number of hydrogen-bond donors (Lipinski definition) is 1. The number of fused-ring (bicyclic) bond motifs is 1. The Morgan fingerprint density at radius 1 is 0.393 bits per heavy atom. The van der Waals surface area contributed by atoms with Crippen LogP contribution in [0, 0.1) is 11.3 Å². The van der Waals surface area contributed by atoms with Gasteiger partial charge in [0.2, 0.25) is 11.8 Å². The first-order valence-electron chi connectivity index (χ1n) is 44.1. The Bertz CT molecular complexity index is 4250. The van der Waals surface area contributed by atoms with Crippen LogP contribution in [0.5, 0.6) is 0 Å². The normalized spacial score (nSPS) is 27.7. The van der Waals surface area contributed by atoms with Crippen molar-refractivity contribution in [2.75, 3.05) is 195 Å². The van der Waals surface area contributed by atoms with Gasteiger partial charge in [-0.3, -0.25) is 24.3 Å². The quantitative estimate of drug-likeness (QED) is 0.131. The highest BCUT2D eigenvalue weighted by molar-refractivity contribution is 6.04. The van der Waals surface area contributed by atoms with Gasteiger partial charge in [-0.25, -0.2) is 4.79 Å². The predicted molar refractivity (Wildman–Crippen MR) is 478 cm³/mol. The van der Waals surface area contributed by atoms with E-state index in [1.54, 1.807) is 0 Å². The molecule has 18 heteroatoms. The van der Waals surface area contributed by atoms with Gasteiger partial charge in [0.1, 0.15) is 0 Å². The molecule has 0 aliphatic carbocycles. The number of β-lactam (4-membered cyclic amide) rings is 1. The van der Waals surface area contributed by atoms with Gasteiger partial charge in [0, 0.05) is 158 Å². The van der Waals surface area contributed by atoms with Crippen molar-refractivity contribution in [1.82, 2.24) is 54.3 Å². The van der Waals surface area contributed by atoms with Crippen LogP contribution in [0.15, 0.2) is 212 Å². The van der Waals surface area contributed by atoms with Crippen LogP contribution in [0.3, 0.4) is 0 Å². The van der Waals surface area contributed by atoms with Gasteiger partial charge in [-0.2, -0.15) is 0 Å². The number of likely N-dealkylation sites (tertiary alicyclic amines) is 9. The van der Waals surface area contributed by atoms with Gasteiger partial charge >= 0.3 is 6.09 Å². The minimum absolute atomic E-state index is 0. The van der Waals surface area contributed by atoms with Crippen LogP contribution in [0.2, 0.25) is 0 Å². The summed E-state index contributed by atoms with van der Waals surface area (Å²) in [5, 5.41) is 3.27. The van der Waals surface area contributed by atoms with Gasteiger partial charge in [-0.1, -0.05) is 183 Å². The first-order chi connectivity index (χ1) is 56.3. The lowest BCUT2D eigenvalue weighted by molar-refractivity contribution is -0.138. The van der Waals surface area contributed by atoms with Gasteiger partial charge in [0.15, 0.2) is 0 Å². The van der Waals surface area contributed by atoms with E-state index in [0.717, 1.165) is 133 Å². The highest BCUT2D eigenvalue weighted by atomic mass is 16.6. The number of nitrogens with one attached hydrogen (secondary N) is 1. The number of cyclic esters (lactones) is 1. The number of rotatable bonds is 10. The summed E-state index contributed by atoms with van der Waals surface area (Å²) in [6.45, 7) is 25.7. The molecule has 14 fully saturated rings. The molecule has 18 nitrogen and oxygen atoms in total. The van der Waals surface area contributed by atoms with Crippen LogP contribution in [0.4, 0.5) is 21.9 Å². The molecule has 6 spiro atoms. The summed E-state index contributed by atoms with van der Waals surface area (Å²) in [5.41, 5.74) is 10.5. The summed E-state index contributed by atoms with van der Waals surface area (Å²) in [7, 11) is 15.4. The maximum atomic E-state index is 12.4. The molecular formula is C99H138N14O4. The topological polar surface area (TPSA) is 115 Å². The second-order valence-electron chi connectivity index (χ2n) is 37.3. The van der Waals surface area contributed by atoms with Crippen LogP contribution in [-0.2, 0) is 34.0 Å². The van der Waals surface area contributed by atoms with Crippen LogP contribution in [-0.4, -0.2) is 281 Å². The largest absolute Gasteiger partial charge is 0.449 e. The van der Waals surface area contributed by atoms with Crippen molar-refractivity contribution in [3.63, 3.8) is 0 Å². The monoisotopic (exact) mass is 1590 g/mol. The molecule has 628 valence electrons. The fourth-order valence-corrected chi connectivity index (χ4v) is 21.8. The summed E-state index contributed by atoms with van der Waals surface area (Å²) in [6.07, 6.45) is 16.6. The number of hydrogen-bond acceptors (Lipinski definition) is 15. The number of nitrogens with zero attached hydrogens (tertiary/aromatic N) is 13. The molecule has 7 aromatic rings. The highest BCUT2D eigenvalue weighted by Crippen LogP contribution is 2.47. The van der Waals surface area contributed by atoms with Crippen LogP contribution < -0.4 is 20.0 Å². The smallest absolute Gasteiger partial charge is 0.410 e. The summed E-state index contributed by atoms with van der Waals surface area (Å²) >= 11 is 0. The van der Waals surface area contributed by atoms with Crippen molar-refractivity contribution in [2.45, 2.75) is 157 Å². The molecule has 6 atom stereocenters. The van der Waals surface area contributed by atoms with Gasteiger partial charge in [-0.05, 0) is 224 Å². The number of carbonyl (C=O) groups is 3. The van der Waals surface area contributed by atoms with Crippen molar-refractivity contribution in [2.24, 2.45) is 11.3 Å². The molecular weight excluding hydrogens is 1450 g/mol. The maximum absolute atomic E-state index is 12.4. The molecule has 0 bridgehead atoms. The third-order valence-corrected chi connectivity index (χ3v) is 29.1. The molecule has 7 aromatic carbocycles. The van der Waals surface area contributed by atoms with E-state index in [2.05, 4.69) is 254 Å².